The Labute approximate surface area is 147 Å². The lowest BCUT2D eigenvalue weighted by Gasteiger charge is -2.35. The number of amides is 1. The van der Waals surface area contributed by atoms with Crippen LogP contribution in [0.3, 0.4) is 0 Å². The molecule has 6 heteroatoms. The number of pyridine rings is 1. The number of aromatic nitrogens is 1. The van der Waals surface area contributed by atoms with Crippen LogP contribution in [0.1, 0.15) is 18.5 Å². The number of nitrogens with one attached hydrogen (secondary N) is 1. The van der Waals surface area contributed by atoms with Crippen molar-refractivity contribution in [3.63, 3.8) is 0 Å². The molecule has 1 aliphatic rings. The summed E-state index contributed by atoms with van der Waals surface area (Å²) in [5.74, 6) is 0.702. The van der Waals surface area contributed by atoms with Crippen molar-refractivity contribution in [1.82, 2.24) is 15.2 Å². The molecule has 0 bridgehead atoms. The van der Waals surface area contributed by atoms with Crippen molar-refractivity contribution in [1.29, 1.82) is 0 Å². The molecule has 1 aliphatic heterocycles. The zero-order valence-electron chi connectivity index (χ0n) is 14.4. The van der Waals surface area contributed by atoms with Crippen LogP contribution in [0.15, 0.2) is 48.7 Å². The molecule has 5 nitrogen and oxygen atoms in total. The van der Waals surface area contributed by atoms with Gasteiger partial charge in [-0.05, 0) is 36.8 Å². The lowest BCUT2D eigenvalue weighted by Crippen LogP contribution is -2.49. The molecule has 1 unspecified atom stereocenters. The Morgan fingerprint density at radius 1 is 1.16 bits per heavy atom. The van der Waals surface area contributed by atoms with Crippen molar-refractivity contribution in [2.75, 3.05) is 37.6 Å². The highest BCUT2D eigenvalue weighted by atomic mass is 19.1. The third-order valence-corrected chi connectivity index (χ3v) is 4.46. The zero-order chi connectivity index (χ0) is 17.6. The molecule has 1 saturated heterocycles. The number of hydrogen-bond acceptors (Lipinski definition) is 4. The number of rotatable bonds is 5. The van der Waals surface area contributed by atoms with Crippen molar-refractivity contribution in [3.8, 4) is 0 Å². The Kier molecular flexibility index (Phi) is 5.60. The number of carbonyl (C=O) groups is 1. The predicted octanol–water partition coefficient (Wildman–Crippen LogP) is 2.22. The van der Waals surface area contributed by atoms with Gasteiger partial charge in [0.15, 0.2) is 0 Å². The molecule has 1 N–H and O–H groups in total. The molecule has 1 atom stereocenters. The van der Waals surface area contributed by atoms with Crippen LogP contribution in [0.5, 0.6) is 0 Å². The average Bonchev–Trinajstić information content (AvgIpc) is 2.63. The van der Waals surface area contributed by atoms with E-state index in [-0.39, 0.29) is 17.8 Å². The normalized spacial score (nSPS) is 16.5. The van der Waals surface area contributed by atoms with Crippen molar-refractivity contribution in [2.45, 2.75) is 13.0 Å². The Morgan fingerprint density at radius 3 is 2.52 bits per heavy atom. The quantitative estimate of drug-likeness (QED) is 0.905. The number of nitrogens with zero attached hydrogens (tertiary/aromatic N) is 3. The zero-order valence-corrected chi connectivity index (χ0v) is 14.4. The van der Waals surface area contributed by atoms with E-state index in [0.717, 1.165) is 37.6 Å². The number of halogens is 1. The largest absolute Gasteiger partial charge is 0.354 e. The van der Waals surface area contributed by atoms with Crippen LogP contribution in [0.4, 0.5) is 10.2 Å². The van der Waals surface area contributed by atoms with Crippen LogP contribution in [0.25, 0.3) is 0 Å². The van der Waals surface area contributed by atoms with Gasteiger partial charge in [-0.15, -0.1) is 0 Å². The van der Waals surface area contributed by atoms with E-state index in [2.05, 4.69) is 20.1 Å². The molecule has 132 valence electrons. The van der Waals surface area contributed by atoms with Crippen LogP contribution in [-0.4, -0.2) is 48.5 Å². The smallest absolute Gasteiger partial charge is 0.234 e. The molecule has 1 fully saturated rings. The van der Waals surface area contributed by atoms with Crippen LogP contribution in [0, 0.1) is 5.82 Å². The number of piperazine rings is 1. The van der Waals surface area contributed by atoms with Gasteiger partial charge in [0.25, 0.3) is 0 Å². The fraction of sp³-hybridized carbons (Fsp3) is 0.368. The summed E-state index contributed by atoms with van der Waals surface area (Å²) in [5, 5.41) is 2.98. The van der Waals surface area contributed by atoms with E-state index in [1.807, 2.05) is 25.1 Å². The lowest BCUT2D eigenvalue weighted by molar-refractivity contribution is -0.123. The monoisotopic (exact) mass is 342 g/mol. The standard InChI is InChI=1S/C19H23FN4O/c1-15(16-5-7-17(20)8-6-16)22-19(25)14-23-10-12-24(13-11-23)18-4-2-3-9-21-18/h2-9,15H,10-14H2,1H3,(H,22,25). The minimum Gasteiger partial charge on any atom is -0.354 e. The Bertz CT molecular complexity index is 684. The van der Waals surface area contributed by atoms with Gasteiger partial charge in [0.05, 0.1) is 12.6 Å². The predicted molar refractivity (Wildman–Crippen MR) is 95.8 cm³/mol. The first-order valence-corrected chi connectivity index (χ1v) is 8.55. The van der Waals surface area contributed by atoms with Gasteiger partial charge in [-0.1, -0.05) is 18.2 Å². The van der Waals surface area contributed by atoms with E-state index in [1.165, 1.54) is 12.1 Å². The van der Waals surface area contributed by atoms with E-state index in [0.29, 0.717) is 6.54 Å². The number of carbonyl (C=O) groups excluding carboxylic acids is 1. The highest BCUT2D eigenvalue weighted by molar-refractivity contribution is 5.78. The van der Waals surface area contributed by atoms with Gasteiger partial charge in [-0.25, -0.2) is 9.37 Å². The fourth-order valence-electron chi connectivity index (χ4n) is 3.00. The van der Waals surface area contributed by atoms with Crippen LogP contribution in [-0.2, 0) is 4.79 Å². The topological polar surface area (TPSA) is 48.5 Å². The molecule has 1 aromatic heterocycles. The molecular weight excluding hydrogens is 319 g/mol. The van der Waals surface area contributed by atoms with Gasteiger partial charge < -0.3 is 10.2 Å². The van der Waals surface area contributed by atoms with Gasteiger partial charge in [0, 0.05) is 32.4 Å². The minimum atomic E-state index is -0.270. The van der Waals surface area contributed by atoms with Gasteiger partial charge in [-0.2, -0.15) is 0 Å². The lowest BCUT2D eigenvalue weighted by atomic mass is 10.1. The third kappa shape index (κ3) is 4.76. The molecule has 3 rings (SSSR count). The van der Waals surface area contributed by atoms with Gasteiger partial charge in [-0.3, -0.25) is 9.69 Å². The third-order valence-electron chi connectivity index (χ3n) is 4.46. The van der Waals surface area contributed by atoms with E-state index >= 15 is 0 Å². The van der Waals surface area contributed by atoms with Crippen LogP contribution >= 0.6 is 0 Å². The first kappa shape index (κ1) is 17.4. The maximum absolute atomic E-state index is 13.0. The summed E-state index contributed by atoms with van der Waals surface area (Å²) in [5.41, 5.74) is 0.898. The summed E-state index contributed by atoms with van der Waals surface area (Å²) in [4.78, 5) is 21.0. The Morgan fingerprint density at radius 2 is 1.88 bits per heavy atom. The number of benzene rings is 1. The molecule has 1 amide bonds. The van der Waals surface area contributed by atoms with Gasteiger partial charge >= 0.3 is 0 Å². The molecular formula is C19H23FN4O. The first-order chi connectivity index (χ1) is 12.1. The van der Waals surface area contributed by atoms with Crippen LogP contribution < -0.4 is 10.2 Å². The molecule has 25 heavy (non-hydrogen) atoms. The van der Waals surface area contributed by atoms with Crippen molar-refractivity contribution < 1.29 is 9.18 Å². The first-order valence-electron chi connectivity index (χ1n) is 8.55. The Balaban J connectivity index is 1.45. The fourth-order valence-corrected chi connectivity index (χ4v) is 3.00. The minimum absolute atomic E-state index is 0.0110. The molecule has 1 aromatic carbocycles. The van der Waals surface area contributed by atoms with Gasteiger partial charge in [0.2, 0.25) is 5.91 Å². The highest BCUT2D eigenvalue weighted by Gasteiger charge is 2.20. The van der Waals surface area contributed by atoms with Crippen molar-refractivity contribution in [3.05, 3.63) is 60.0 Å². The summed E-state index contributed by atoms with van der Waals surface area (Å²) >= 11 is 0. The van der Waals surface area contributed by atoms with E-state index < -0.39 is 0 Å². The highest BCUT2D eigenvalue weighted by Crippen LogP contribution is 2.14. The van der Waals surface area contributed by atoms with Crippen molar-refractivity contribution >= 4 is 11.7 Å². The number of hydrogen-bond donors (Lipinski definition) is 1. The second-order valence-corrected chi connectivity index (χ2v) is 6.29. The molecule has 0 spiro atoms. The van der Waals surface area contributed by atoms with E-state index in [9.17, 15) is 9.18 Å². The van der Waals surface area contributed by atoms with E-state index in [1.54, 1.807) is 18.3 Å². The summed E-state index contributed by atoms with van der Waals surface area (Å²) in [6.07, 6.45) is 1.80. The van der Waals surface area contributed by atoms with Crippen LogP contribution in [0.2, 0.25) is 0 Å². The second kappa shape index (κ2) is 8.07. The number of anilines is 1. The molecule has 0 saturated carbocycles. The summed E-state index contributed by atoms with van der Waals surface area (Å²) in [7, 11) is 0. The second-order valence-electron chi connectivity index (χ2n) is 6.29. The molecule has 2 heterocycles. The molecule has 0 radical (unpaired) electrons. The summed E-state index contributed by atoms with van der Waals surface area (Å²) in [6.45, 7) is 5.66. The summed E-state index contributed by atoms with van der Waals surface area (Å²) in [6, 6.07) is 12.0. The average molecular weight is 342 g/mol. The maximum Gasteiger partial charge on any atom is 0.234 e. The Hall–Kier alpha value is -2.47. The molecule has 0 aliphatic carbocycles. The summed E-state index contributed by atoms with van der Waals surface area (Å²) < 4.78 is 13.0. The molecule has 2 aromatic rings. The van der Waals surface area contributed by atoms with E-state index in [4.69, 9.17) is 0 Å². The SMILES string of the molecule is CC(NC(=O)CN1CCN(c2ccccn2)CC1)c1ccc(F)cc1. The van der Waals surface area contributed by atoms with Crippen molar-refractivity contribution in [2.24, 2.45) is 0 Å². The maximum atomic E-state index is 13.0. The van der Waals surface area contributed by atoms with Gasteiger partial charge in [0.1, 0.15) is 11.6 Å².